The fourth-order valence-electron chi connectivity index (χ4n) is 1.43. The number of carboxylic acids is 1. The highest BCUT2D eigenvalue weighted by molar-refractivity contribution is 5.90. The highest BCUT2D eigenvalue weighted by Gasteiger charge is 2.18. The molecule has 1 aromatic carbocycles. The molecule has 19 heavy (non-hydrogen) atoms. The van der Waals surface area contributed by atoms with Crippen molar-refractivity contribution in [1.82, 2.24) is 4.98 Å². The number of rotatable bonds is 4. The number of carbonyl (C=O) groups is 1. The minimum absolute atomic E-state index is 0.0614. The van der Waals surface area contributed by atoms with Crippen LogP contribution in [0.15, 0.2) is 42.6 Å². The molecule has 0 aliphatic carbocycles. The number of hydrogen-bond donors (Lipinski definition) is 1. The van der Waals surface area contributed by atoms with Crippen LogP contribution in [0, 0.1) is 10.1 Å². The average molecular weight is 260 g/mol. The summed E-state index contributed by atoms with van der Waals surface area (Å²) in [7, 11) is 0. The molecule has 0 atom stereocenters. The molecule has 0 radical (unpaired) electrons. The van der Waals surface area contributed by atoms with Crippen molar-refractivity contribution >= 4 is 11.7 Å². The summed E-state index contributed by atoms with van der Waals surface area (Å²) in [5.74, 6) is -1.47. The molecule has 1 aromatic heterocycles. The van der Waals surface area contributed by atoms with E-state index in [1.807, 2.05) is 0 Å². The summed E-state index contributed by atoms with van der Waals surface area (Å²) < 4.78 is 5.23. The van der Waals surface area contributed by atoms with Gasteiger partial charge in [0, 0.05) is 12.3 Å². The molecule has 0 fully saturated rings. The monoisotopic (exact) mass is 260 g/mol. The van der Waals surface area contributed by atoms with Gasteiger partial charge < -0.3 is 9.84 Å². The second kappa shape index (κ2) is 5.13. The Hall–Kier alpha value is -2.96. The van der Waals surface area contributed by atoms with Gasteiger partial charge in [-0.15, -0.1) is 0 Å². The maximum absolute atomic E-state index is 11.0. The molecule has 0 amide bonds. The maximum Gasteiger partial charge on any atom is 0.341 e. The van der Waals surface area contributed by atoms with Crippen LogP contribution in [-0.4, -0.2) is 21.0 Å². The molecule has 0 bridgehead atoms. The standard InChI is InChI=1S/C12H8N2O5/c15-12(16)8-4-3-7-13-11(8)19-10-6-2-1-5-9(10)14(17)18/h1-7H,(H,15,16). The molecule has 0 unspecified atom stereocenters. The van der Waals surface area contributed by atoms with Gasteiger partial charge in [-0.3, -0.25) is 10.1 Å². The van der Waals surface area contributed by atoms with Crippen LogP contribution in [0.1, 0.15) is 10.4 Å². The molecule has 0 aliphatic rings. The number of hydrogen-bond acceptors (Lipinski definition) is 5. The normalized spacial score (nSPS) is 9.89. The number of nitrogens with zero attached hydrogens (tertiary/aromatic N) is 2. The molecule has 0 spiro atoms. The van der Waals surface area contributed by atoms with E-state index < -0.39 is 10.9 Å². The van der Waals surface area contributed by atoms with Gasteiger partial charge in [0.25, 0.3) is 0 Å². The summed E-state index contributed by atoms with van der Waals surface area (Å²) >= 11 is 0. The molecule has 1 N–H and O–H groups in total. The predicted octanol–water partition coefficient (Wildman–Crippen LogP) is 2.48. The molecule has 0 saturated carbocycles. The van der Waals surface area contributed by atoms with Crippen LogP contribution in [0.5, 0.6) is 11.6 Å². The molecular formula is C12H8N2O5. The number of ether oxygens (including phenoxy) is 1. The summed E-state index contributed by atoms with van der Waals surface area (Å²) in [6.45, 7) is 0. The Morgan fingerprint density at radius 2 is 2.00 bits per heavy atom. The van der Waals surface area contributed by atoms with Gasteiger partial charge in [-0.25, -0.2) is 9.78 Å². The number of nitro groups is 1. The van der Waals surface area contributed by atoms with Crippen LogP contribution in [0.25, 0.3) is 0 Å². The third-order valence-corrected chi connectivity index (χ3v) is 2.27. The first-order chi connectivity index (χ1) is 9.09. The van der Waals surface area contributed by atoms with Gasteiger partial charge in [0.15, 0.2) is 0 Å². The summed E-state index contributed by atoms with van der Waals surface area (Å²) in [5, 5.41) is 19.8. The number of carboxylic acid groups (broad SMARTS) is 1. The van der Waals surface area contributed by atoms with Crippen LogP contribution < -0.4 is 4.74 Å². The van der Waals surface area contributed by atoms with Gasteiger partial charge in [0.05, 0.1) is 4.92 Å². The second-order valence-electron chi connectivity index (χ2n) is 3.49. The van der Waals surface area contributed by atoms with E-state index in [1.165, 1.54) is 36.5 Å². The van der Waals surface area contributed by atoms with Gasteiger partial charge in [0.2, 0.25) is 11.6 Å². The quantitative estimate of drug-likeness (QED) is 0.669. The Kier molecular flexibility index (Phi) is 3.37. The van der Waals surface area contributed by atoms with E-state index in [-0.39, 0.29) is 22.9 Å². The van der Waals surface area contributed by atoms with E-state index in [4.69, 9.17) is 9.84 Å². The van der Waals surface area contributed by atoms with Crippen LogP contribution >= 0.6 is 0 Å². The van der Waals surface area contributed by atoms with Gasteiger partial charge in [0.1, 0.15) is 5.56 Å². The first-order valence-corrected chi connectivity index (χ1v) is 5.19. The zero-order chi connectivity index (χ0) is 13.8. The minimum Gasteiger partial charge on any atom is -0.477 e. The van der Waals surface area contributed by atoms with Gasteiger partial charge in [-0.2, -0.15) is 0 Å². The minimum atomic E-state index is -1.22. The van der Waals surface area contributed by atoms with Crippen molar-refractivity contribution in [2.24, 2.45) is 0 Å². The molecule has 96 valence electrons. The van der Waals surface area contributed by atoms with Crippen LogP contribution in [0.3, 0.4) is 0 Å². The highest BCUT2D eigenvalue weighted by atomic mass is 16.6. The van der Waals surface area contributed by atoms with Crippen molar-refractivity contribution in [3.63, 3.8) is 0 Å². The van der Waals surface area contributed by atoms with E-state index in [2.05, 4.69) is 4.98 Å². The lowest BCUT2D eigenvalue weighted by Gasteiger charge is -2.07. The van der Waals surface area contributed by atoms with Gasteiger partial charge in [-0.1, -0.05) is 12.1 Å². The first-order valence-electron chi connectivity index (χ1n) is 5.19. The number of pyridine rings is 1. The zero-order valence-electron chi connectivity index (χ0n) is 9.52. The number of nitro benzene ring substituents is 1. The smallest absolute Gasteiger partial charge is 0.341 e. The number of benzene rings is 1. The summed E-state index contributed by atoms with van der Waals surface area (Å²) in [6, 6.07) is 8.42. The third-order valence-electron chi connectivity index (χ3n) is 2.27. The van der Waals surface area contributed by atoms with Crippen LogP contribution in [0.4, 0.5) is 5.69 Å². The third kappa shape index (κ3) is 2.65. The molecule has 2 rings (SSSR count). The maximum atomic E-state index is 11.0. The zero-order valence-corrected chi connectivity index (χ0v) is 9.52. The SMILES string of the molecule is O=C(O)c1cccnc1Oc1ccccc1[N+](=O)[O-]. The van der Waals surface area contributed by atoms with E-state index >= 15 is 0 Å². The Balaban J connectivity index is 2.42. The van der Waals surface area contributed by atoms with Crippen molar-refractivity contribution in [3.05, 3.63) is 58.3 Å². The highest BCUT2D eigenvalue weighted by Crippen LogP contribution is 2.31. The number of para-hydroxylation sites is 2. The van der Waals surface area contributed by atoms with Gasteiger partial charge >= 0.3 is 11.7 Å². The Morgan fingerprint density at radius 1 is 1.26 bits per heavy atom. The van der Waals surface area contributed by atoms with Crippen LogP contribution in [-0.2, 0) is 0 Å². The Bertz CT molecular complexity index is 586. The van der Waals surface area contributed by atoms with Crippen LogP contribution in [0.2, 0.25) is 0 Å². The van der Waals surface area contributed by atoms with E-state index in [0.717, 1.165) is 0 Å². The largest absolute Gasteiger partial charge is 0.477 e. The Morgan fingerprint density at radius 3 is 2.68 bits per heavy atom. The lowest BCUT2D eigenvalue weighted by molar-refractivity contribution is -0.385. The fourth-order valence-corrected chi connectivity index (χ4v) is 1.43. The first kappa shape index (κ1) is 12.5. The van der Waals surface area contributed by atoms with E-state index in [1.54, 1.807) is 6.07 Å². The molecule has 2 aromatic rings. The van der Waals surface area contributed by atoms with Crippen molar-refractivity contribution in [2.75, 3.05) is 0 Å². The number of aromatic nitrogens is 1. The molecular weight excluding hydrogens is 252 g/mol. The summed E-state index contributed by atoms with van der Waals surface area (Å²) in [5.41, 5.74) is -0.426. The predicted molar refractivity (Wildman–Crippen MR) is 64.4 cm³/mol. The van der Waals surface area contributed by atoms with Crippen molar-refractivity contribution in [3.8, 4) is 11.6 Å². The van der Waals surface area contributed by atoms with Crippen molar-refractivity contribution in [1.29, 1.82) is 0 Å². The number of aromatic carboxylic acids is 1. The molecule has 0 aliphatic heterocycles. The second-order valence-corrected chi connectivity index (χ2v) is 3.49. The summed E-state index contributed by atoms with van der Waals surface area (Å²) in [6.07, 6.45) is 1.34. The summed E-state index contributed by atoms with van der Waals surface area (Å²) in [4.78, 5) is 25.0. The average Bonchev–Trinajstić information content (AvgIpc) is 2.39. The van der Waals surface area contributed by atoms with E-state index in [9.17, 15) is 14.9 Å². The lowest BCUT2D eigenvalue weighted by Crippen LogP contribution is -2.02. The molecule has 0 saturated heterocycles. The molecule has 7 nitrogen and oxygen atoms in total. The van der Waals surface area contributed by atoms with Gasteiger partial charge in [-0.05, 0) is 18.2 Å². The van der Waals surface area contributed by atoms with E-state index in [0.29, 0.717) is 0 Å². The topological polar surface area (TPSA) is 103 Å². The van der Waals surface area contributed by atoms with Crippen molar-refractivity contribution < 1.29 is 19.6 Å². The lowest BCUT2D eigenvalue weighted by atomic mass is 10.2. The van der Waals surface area contributed by atoms with Crippen molar-refractivity contribution in [2.45, 2.75) is 0 Å². The molecule has 7 heteroatoms. The Labute approximate surface area is 107 Å². The fraction of sp³-hybridized carbons (Fsp3) is 0. The molecule has 1 heterocycles.